The fraction of sp³-hybridized carbons (Fsp3) is 0.414. The summed E-state index contributed by atoms with van der Waals surface area (Å²) in [5.74, 6) is 1.25. The van der Waals surface area contributed by atoms with Crippen LogP contribution in [0.1, 0.15) is 6.92 Å². The van der Waals surface area contributed by atoms with E-state index in [-0.39, 0.29) is 27.6 Å². The highest BCUT2D eigenvalue weighted by atomic mass is 35.5. The molecule has 0 atom stereocenters. The second kappa shape index (κ2) is 13.6. The molecule has 1 N–H and O–H groups in total. The van der Waals surface area contributed by atoms with Crippen LogP contribution < -0.4 is 20.3 Å². The summed E-state index contributed by atoms with van der Waals surface area (Å²) in [5, 5.41) is 4.38. The van der Waals surface area contributed by atoms with Gasteiger partial charge < -0.3 is 29.0 Å². The van der Waals surface area contributed by atoms with Gasteiger partial charge in [0, 0.05) is 81.7 Å². The van der Waals surface area contributed by atoms with Crippen LogP contribution in [0.5, 0.6) is 11.5 Å². The van der Waals surface area contributed by atoms with Crippen molar-refractivity contribution in [2.45, 2.75) is 19.5 Å². The number of rotatable bonds is 13. The number of methoxy groups -OCH3 is 3. The van der Waals surface area contributed by atoms with Crippen LogP contribution in [0.4, 0.5) is 5.82 Å². The lowest BCUT2D eigenvalue weighted by atomic mass is 10.0. The summed E-state index contributed by atoms with van der Waals surface area (Å²) in [6.45, 7) is 9.50. The molecule has 3 aromatic rings. The molecule has 41 heavy (non-hydrogen) atoms. The summed E-state index contributed by atoms with van der Waals surface area (Å²) < 4.78 is 18.0. The van der Waals surface area contributed by atoms with Crippen molar-refractivity contribution >= 4 is 45.8 Å². The van der Waals surface area contributed by atoms with Gasteiger partial charge in [-0.05, 0) is 19.1 Å². The van der Waals surface area contributed by atoms with E-state index in [2.05, 4.69) is 21.8 Å². The first-order valence-electron chi connectivity index (χ1n) is 13.3. The Hall–Kier alpha value is -3.31. The standard InChI is InChI=1S/C29H35Cl2N5O5/c1-6-25(37)35-16-19(17-35)34(10-11-39-3)8-9-36-21-13-24(32-7-2)33-15-18(21)12-20(29(36)38)26-27(30)22(40-4)14-23(41-5)28(26)31/h6,12-15,19H,1,7-11,16-17H2,2-5H3,(H,32,33). The van der Waals surface area contributed by atoms with E-state index in [0.717, 1.165) is 10.9 Å². The quantitative estimate of drug-likeness (QED) is 0.291. The molecule has 10 nitrogen and oxygen atoms in total. The number of hydrogen-bond donors (Lipinski definition) is 1. The van der Waals surface area contributed by atoms with E-state index in [1.807, 2.05) is 13.0 Å². The van der Waals surface area contributed by atoms with Gasteiger partial charge in [-0.15, -0.1) is 0 Å². The summed E-state index contributed by atoms with van der Waals surface area (Å²) >= 11 is 13.4. The van der Waals surface area contributed by atoms with Crippen molar-refractivity contribution < 1.29 is 19.0 Å². The van der Waals surface area contributed by atoms with E-state index >= 15 is 0 Å². The Morgan fingerprint density at radius 1 is 1.15 bits per heavy atom. The van der Waals surface area contributed by atoms with Crippen LogP contribution in [0.3, 0.4) is 0 Å². The Morgan fingerprint density at radius 3 is 2.41 bits per heavy atom. The predicted molar refractivity (Wildman–Crippen MR) is 163 cm³/mol. The van der Waals surface area contributed by atoms with Gasteiger partial charge in [0.25, 0.3) is 5.56 Å². The average molecular weight is 605 g/mol. The van der Waals surface area contributed by atoms with Crippen LogP contribution in [0.2, 0.25) is 10.0 Å². The lowest BCUT2D eigenvalue weighted by Crippen LogP contribution is -2.61. The third-order valence-electron chi connectivity index (χ3n) is 7.24. The molecule has 220 valence electrons. The summed E-state index contributed by atoms with van der Waals surface area (Å²) in [7, 11) is 4.63. The summed E-state index contributed by atoms with van der Waals surface area (Å²) in [4.78, 5) is 34.8. The van der Waals surface area contributed by atoms with Gasteiger partial charge in [0.05, 0.1) is 42.0 Å². The molecule has 12 heteroatoms. The van der Waals surface area contributed by atoms with E-state index in [1.54, 1.807) is 34.9 Å². The molecule has 0 aliphatic carbocycles. The van der Waals surface area contributed by atoms with Crippen molar-refractivity contribution in [3.8, 4) is 22.6 Å². The Labute approximate surface area is 249 Å². The number of likely N-dealkylation sites (tertiary alicyclic amines) is 1. The van der Waals surface area contributed by atoms with Crippen molar-refractivity contribution in [3.63, 3.8) is 0 Å². The second-order valence-electron chi connectivity index (χ2n) is 9.59. The molecule has 1 amide bonds. The molecule has 1 saturated heterocycles. The normalized spacial score (nSPS) is 13.4. The topological polar surface area (TPSA) is 98.2 Å². The third-order valence-corrected chi connectivity index (χ3v) is 7.99. The first-order chi connectivity index (χ1) is 19.8. The minimum Gasteiger partial charge on any atom is -0.495 e. The van der Waals surface area contributed by atoms with Crippen LogP contribution >= 0.6 is 23.2 Å². The number of anilines is 1. The average Bonchev–Trinajstić information content (AvgIpc) is 2.94. The number of nitrogens with one attached hydrogen (secondary N) is 1. The van der Waals surface area contributed by atoms with Crippen molar-refractivity contribution in [1.82, 2.24) is 19.4 Å². The maximum atomic E-state index is 14.2. The maximum Gasteiger partial charge on any atom is 0.259 e. The Balaban J connectivity index is 1.80. The van der Waals surface area contributed by atoms with Gasteiger partial charge in [0.2, 0.25) is 5.91 Å². The fourth-order valence-corrected chi connectivity index (χ4v) is 5.69. The molecule has 2 aromatic heterocycles. The van der Waals surface area contributed by atoms with Gasteiger partial charge in [-0.1, -0.05) is 29.8 Å². The maximum absolute atomic E-state index is 14.2. The number of aromatic nitrogens is 2. The summed E-state index contributed by atoms with van der Waals surface area (Å²) in [5.41, 5.74) is 1.08. The lowest BCUT2D eigenvalue weighted by Gasteiger charge is -2.45. The number of fused-ring (bicyclic) bond motifs is 1. The minimum absolute atomic E-state index is 0.0891. The first-order valence-corrected chi connectivity index (χ1v) is 14.1. The van der Waals surface area contributed by atoms with Crippen molar-refractivity contribution in [1.29, 1.82) is 0 Å². The largest absolute Gasteiger partial charge is 0.495 e. The monoisotopic (exact) mass is 603 g/mol. The second-order valence-corrected chi connectivity index (χ2v) is 10.3. The molecular weight excluding hydrogens is 569 g/mol. The van der Waals surface area contributed by atoms with Gasteiger partial charge >= 0.3 is 0 Å². The highest BCUT2D eigenvalue weighted by Crippen LogP contribution is 2.45. The lowest BCUT2D eigenvalue weighted by molar-refractivity contribution is -0.133. The summed E-state index contributed by atoms with van der Waals surface area (Å²) in [6.07, 6.45) is 3.05. The smallest absolute Gasteiger partial charge is 0.259 e. The number of benzene rings is 1. The van der Waals surface area contributed by atoms with Gasteiger partial charge in [-0.3, -0.25) is 14.5 Å². The molecule has 0 unspecified atom stereocenters. The van der Waals surface area contributed by atoms with E-state index in [1.165, 1.54) is 20.3 Å². The molecule has 0 bridgehead atoms. The summed E-state index contributed by atoms with van der Waals surface area (Å²) in [6, 6.07) is 5.35. The Bertz CT molecular complexity index is 1460. The molecule has 0 spiro atoms. The minimum atomic E-state index is -0.269. The number of carbonyl (C=O) groups is 1. The number of amides is 1. The Kier molecular flexibility index (Phi) is 10.1. The molecule has 4 rings (SSSR count). The van der Waals surface area contributed by atoms with E-state index in [0.29, 0.717) is 74.3 Å². The van der Waals surface area contributed by atoms with Crippen LogP contribution in [0, 0.1) is 0 Å². The zero-order valence-electron chi connectivity index (χ0n) is 23.7. The van der Waals surface area contributed by atoms with Crippen LogP contribution in [-0.4, -0.2) is 92.0 Å². The number of hydrogen-bond acceptors (Lipinski definition) is 8. The van der Waals surface area contributed by atoms with Crippen LogP contribution in [-0.2, 0) is 16.1 Å². The molecule has 0 radical (unpaired) electrons. The molecule has 1 aliphatic heterocycles. The zero-order valence-corrected chi connectivity index (χ0v) is 25.2. The van der Waals surface area contributed by atoms with Gasteiger partial charge in [0.1, 0.15) is 17.3 Å². The fourth-order valence-electron chi connectivity index (χ4n) is 4.98. The number of halogens is 2. The van der Waals surface area contributed by atoms with Crippen LogP contribution in [0.25, 0.3) is 22.0 Å². The first kappa shape index (κ1) is 30.6. The molecule has 1 aliphatic rings. The molecule has 3 heterocycles. The number of nitrogens with zero attached hydrogens (tertiary/aromatic N) is 4. The third kappa shape index (κ3) is 6.30. The van der Waals surface area contributed by atoms with Gasteiger partial charge in [0.15, 0.2) is 0 Å². The number of carbonyl (C=O) groups excluding carboxylic acids is 1. The van der Waals surface area contributed by atoms with Gasteiger partial charge in [-0.2, -0.15) is 0 Å². The van der Waals surface area contributed by atoms with Crippen molar-refractivity contribution in [2.75, 3.05) is 66.0 Å². The predicted octanol–water partition coefficient (Wildman–Crippen LogP) is 4.16. The zero-order chi connectivity index (χ0) is 29.7. The highest BCUT2D eigenvalue weighted by molar-refractivity contribution is 6.41. The van der Waals surface area contributed by atoms with E-state index in [4.69, 9.17) is 37.4 Å². The molecule has 0 saturated carbocycles. The van der Waals surface area contributed by atoms with Crippen molar-refractivity contribution in [3.05, 3.63) is 57.4 Å². The van der Waals surface area contributed by atoms with E-state index in [9.17, 15) is 9.59 Å². The van der Waals surface area contributed by atoms with E-state index < -0.39 is 0 Å². The molecule has 1 aromatic carbocycles. The van der Waals surface area contributed by atoms with Gasteiger partial charge in [-0.25, -0.2) is 4.98 Å². The highest BCUT2D eigenvalue weighted by Gasteiger charge is 2.33. The SMILES string of the molecule is C=CC(=O)N1CC(N(CCOC)CCn2c(=O)c(-c3c(Cl)c(OC)cc(OC)c3Cl)cc3cnc(NCC)cc32)C1. The number of pyridine rings is 2. The molecule has 1 fully saturated rings. The van der Waals surface area contributed by atoms with Crippen LogP contribution in [0.15, 0.2) is 41.8 Å². The van der Waals surface area contributed by atoms with Crippen molar-refractivity contribution in [2.24, 2.45) is 0 Å². The Morgan fingerprint density at radius 2 is 1.83 bits per heavy atom. The number of ether oxygens (including phenoxy) is 3. The molecular formula is C29H35Cl2N5O5.